The van der Waals surface area contributed by atoms with Crippen molar-refractivity contribution in [2.45, 2.75) is 36.5 Å². The van der Waals surface area contributed by atoms with Crippen LogP contribution in [0.4, 0.5) is 5.69 Å². The Morgan fingerprint density at radius 1 is 0.853 bits per heavy atom. The Balaban J connectivity index is 1.32. The fraction of sp³-hybridized carbons (Fsp3) is 0.370. The van der Waals surface area contributed by atoms with E-state index in [1.54, 1.807) is 11.8 Å². The number of nitrogens with one attached hydrogen (secondary N) is 1. The summed E-state index contributed by atoms with van der Waals surface area (Å²) in [6.45, 7) is 4.08. The Bertz CT molecular complexity index is 1390. The number of carbonyl (C=O) groups excluding carboxylic acids is 2. The Morgan fingerprint density at radius 2 is 1.47 bits per heavy atom. The SMILES string of the molecule is Cc1ccc([C@H]2c3sc(=O)[nH]c3S[C@@H]3[C@H]4C[C@H]([C@@H]5C(=O)N(c6ccc(C)cc6)C(=O)[C@H]45)[C@H]23)cc1. The highest BCUT2D eigenvalue weighted by Gasteiger charge is 2.69. The van der Waals surface area contributed by atoms with Gasteiger partial charge in [0.25, 0.3) is 0 Å². The van der Waals surface area contributed by atoms with Crippen molar-refractivity contribution in [3.05, 3.63) is 79.8 Å². The number of aromatic amines is 1. The van der Waals surface area contributed by atoms with Gasteiger partial charge in [0, 0.05) is 16.0 Å². The van der Waals surface area contributed by atoms with E-state index < -0.39 is 0 Å². The molecule has 1 saturated heterocycles. The molecule has 2 aromatic carbocycles. The number of imide groups is 1. The van der Waals surface area contributed by atoms with E-state index in [2.05, 4.69) is 36.2 Å². The van der Waals surface area contributed by atoms with Crippen LogP contribution in [0.5, 0.6) is 0 Å². The first-order chi connectivity index (χ1) is 16.4. The van der Waals surface area contributed by atoms with Gasteiger partial charge in [0.05, 0.1) is 22.5 Å². The largest absolute Gasteiger partial charge is 0.307 e. The molecule has 3 heterocycles. The predicted molar refractivity (Wildman–Crippen MR) is 133 cm³/mol. The summed E-state index contributed by atoms with van der Waals surface area (Å²) < 4.78 is 0. The van der Waals surface area contributed by atoms with Crippen LogP contribution in [0.15, 0.2) is 58.4 Å². The second-order valence-corrected chi connectivity index (χ2v) is 12.4. The van der Waals surface area contributed by atoms with Crippen LogP contribution in [0.3, 0.4) is 0 Å². The molecule has 2 saturated carbocycles. The highest BCUT2D eigenvalue weighted by atomic mass is 32.2. The number of aryl methyl sites for hydroxylation is 2. The molecule has 7 atom stereocenters. The zero-order chi connectivity index (χ0) is 23.3. The van der Waals surface area contributed by atoms with Gasteiger partial charge in [0.2, 0.25) is 11.8 Å². The molecule has 2 aliphatic heterocycles. The van der Waals surface area contributed by atoms with Gasteiger partial charge in [-0.3, -0.25) is 19.3 Å². The molecule has 7 heteroatoms. The van der Waals surface area contributed by atoms with Crippen molar-refractivity contribution in [2.75, 3.05) is 4.90 Å². The van der Waals surface area contributed by atoms with Gasteiger partial charge in [0.15, 0.2) is 0 Å². The Labute approximate surface area is 205 Å². The van der Waals surface area contributed by atoms with Gasteiger partial charge < -0.3 is 4.98 Å². The fourth-order valence-electron chi connectivity index (χ4n) is 7.11. The molecule has 0 unspecified atom stereocenters. The van der Waals surface area contributed by atoms with E-state index in [0.29, 0.717) is 5.69 Å². The number of hydrogen-bond donors (Lipinski definition) is 1. The van der Waals surface area contributed by atoms with E-state index in [1.165, 1.54) is 27.4 Å². The number of benzene rings is 2. The van der Waals surface area contributed by atoms with Crippen LogP contribution < -0.4 is 9.77 Å². The van der Waals surface area contributed by atoms with Gasteiger partial charge in [-0.25, -0.2) is 0 Å². The minimum Gasteiger partial charge on any atom is -0.307 e. The number of thiazole rings is 1. The maximum absolute atomic E-state index is 13.7. The number of thioether (sulfide) groups is 1. The van der Waals surface area contributed by atoms with Crippen LogP contribution in [0.1, 0.15) is 33.9 Å². The minimum atomic E-state index is -0.259. The van der Waals surface area contributed by atoms with Crippen molar-refractivity contribution < 1.29 is 9.59 Å². The number of aromatic nitrogens is 1. The first-order valence-electron chi connectivity index (χ1n) is 11.8. The first-order valence-corrected chi connectivity index (χ1v) is 13.5. The van der Waals surface area contributed by atoms with Gasteiger partial charge in [-0.1, -0.05) is 58.9 Å². The lowest BCUT2D eigenvalue weighted by Gasteiger charge is -2.43. The first kappa shape index (κ1) is 20.7. The summed E-state index contributed by atoms with van der Waals surface area (Å²) in [6, 6.07) is 16.3. The average Bonchev–Trinajstić information content (AvgIpc) is 3.54. The van der Waals surface area contributed by atoms with E-state index >= 15 is 0 Å². The second-order valence-electron chi connectivity index (χ2n) is 10.2. The zero-order valence-corrected chi connectivity index (χ0v) is 20.5. The lowest BCUT2D eigenvalue weighted by atomic mass is 9.68. The molecular weight excluding hydrogens is 464 g/mol. The van der Waals surface area contributed by atoms with Gasteiger partial charge in [-0.15, -0.1) is 11.8 Å². The molecule has 0 radical (unpaired) electrons. The molecule has 3 fully saturated rings. The van der Waals surface area contributed by atoms with Crippen LogP contribution in [0, 0.1) is 43.4 Å². The quantitative estimate of drug-likeness (QED) is 0.530. The van der Waals surface area contributed by atoms with Gasteiger partial charge in [0.1, 0.15) is 0 Å². The molecular formula is C27H24N2O3S2. The summed E-state index contributed by atoms with van der Waals surface area (Å²) in [4.78, 5) is 45.3. The van der Waals surface area contributed by atoms with Crippen molar-refractivity contribution in [1.82, 2.24) is 4.98 Å². The molecule has 1 aromatic heterocycles. The zero-order valence-electron chi connectivity index (χ0n) is 18.9. The van der Waals surface area contributed by atoms with E-state index in [4.69, 9.17) is 0 Å². The lowest BCUT2D eigenvalue weighted by molar-refractivity contribution is -0.123. The number of amides is 2. The van der Waals surface area contributed by atoms with Gasteiger partial charge in [-0.2, -0.15) is 0 Å². The summed E-state index contributed by atoms with van der Waals surface area (Å²) in [6.07, 6.45) is 0.915. The molecule has 34 heavy (non-hydrogen) atoms. The van der Waals surface area contributed by atoms with Gasteiger partial charge >= 0.3 is 4.87 Å². The molecule has 5 nitrogen and oxygen atoms in total. The van der Waals surface area contributed by atoms with Crippen molar-refractivity contribution in [3.63, 3.8) is 0 Å². The van der Waals surface area contributed by atoms with Crippen LogP contribution in [0.2, 0.25) is 0 Å². The van der Waals surface area contributed by atoms with Crippen LogP contribution in [-0.4, -0.2) is 22.0 Å². The number of rotatable bonds is 2. The third-order valence-electron chi connectivity index (χ3n) is 8.45. The molecule has 172 valence electrons. The van der Waals surface area contributed by atoms with Crippen molar-refractivity contribution in [1.29, 1.82) is 0 Å². The van der Waals surface area contributed by atoms with Crippen molar-refractivity contribution in [2.24, 2.45) is 29.6 Å². The fourth-order valence-corrected chi connectivity index (χ4v) is 10.0. The molecule has 0 spiro atoms. The summed E-state index contributed by atoms with van der Waals surface area (Å²) in [7, 11) is 0. The molecule has 7 rings (SSSR count). The van der Waals surface area contributed by atoms with E-state index in [9.17, 15) is 14.4 Å². The number of hydrogen-bond acceptors (Lipinski definition) is 5. The monoisotopic (exact) mass is 488 g/mol. The number of nitrogens with zero attached hydrogens (tertiary/aromatic N) is 1. The topological polar surface area (TPSA) is 70.2 Å². The van der Waals surface area contributed by atoms with Crippen LogP contribution in [-0.2, 0) is 9.59 Å². The molecule has 2 aliphatic carbocycles. The third-order valence-corrected chi connectivity index (χ3v) is 11.0. The molecule has 4 aliphatic rings. The Morgan fingerprint density at radius 3 is 2.15 bits per heavy atom. The molecule has 3 aromatic rings. The summed E-state index contributed by atoms with van der Waals surface area (Å²) in [5.74, 6) is 0.0412. The predicted octanol–water partition coefficient (Wildman–Crippen LogP) is 4.73. The maximum Gasteiger partial charge on any atom is 0.305 e. The average molecular weight is 489 g/mol. The maximum atomic E-state index is 13.7. The van der Waals surface area contributed by atoms with Gasteiger partial charge in [-0.05, 0) is 55.7 Å². The molecule has 2 amide bonds. The summed E-state index contributed by atoms with van der Waals surface area (Å²) in [5.41, 5.74) is 4.19. The van der Waals surface area contributed by atoms with E-state index in [1.807, 2.05) is 31.2 Å². The number of H-pyrrole nitrogens is 1. The second kappa shape index (κ2) is 7.18. The summed E-state index contributed by atoms with van der Waals surface area (Å²) >= 11 is 3.04. The molecule has 1 N–H and O–H groups in total. The minimum absolute atomic E-state index is 0.0279. The normalized spacial score (nSPS) is 33.2. The number of carbonyl (C=O) groups is 2. The van der Waals surface area contributed by atoms with E-state index in [-0.39, 0.29) is 57.4 Å². The standard InChI is InChI=1S/C27H24N2O3S2/c1-12-3-7-14(8-4-12)18-19-16-11-17(22(19)33-24-23(18)34-27(32)28-24)21-20(16)25(30)29(26(21)31)15-9-5-13(2)6-10-15/h3-10,16-22H,11H2,1-2H3,(H,28,32)/t16-,17-,18+,19+,20-,21+,22+/m0/s1. The Kier molecular flexibility index (Phi) is 4.38. The smallest absolute Gasteiger partial charge is 0.305 e. The summed E-state index contributed by atoms with van der Waals surface area (Å²) in [5, 5.41) is 1.18. The molecule has 2 bridgehead atoms. The lowest BCUT2D eigenvalue weighted by Crippen LogP contribution is -2.42. The Hall–Kier alpha value is -2.64. The van der Waals surface area contributed by atoms with Crippen molar-refractivity contribution in [3.8, 4) is 0 Å². The van der Waals surface area contributed by atoms with Crippen molar-refractivity contribution >= 4 is 40.6 Å². The highest BCUT2D eigenvalue weighted by molar-refractivity contribution is 8.00. The van der Waals surface area contributed by atoms with E-state index in [0.717, 1.165) is 21.9 Å². The van der Waals surface area contributed by atoms with Crippen LogP contribution >= 0.6 is 23.1 Å². The number of fused-ring (bicyclic) bond motifs is 9. The number of anilines is 1. The highest BCUT2D eigenvalue weighted by Crippen LogP contribution is 2.68. The third kappa shape index (κ3) is 2.71. The van der Waals surface area contributed by atoms with Crippen LogP contribution in [0.25, 0.3) is 0 Å².